The highest BCUT2D eigenvalue weighted by atomic mass is 32.1. The van der Waals surface area contributed by atoms with Crippen molar-refractivity contribution in [1.29, 1.82) is 0 Å². The van der Waals surface area contributed by atoms with Gasteiger partial charge in [0.25, 0.3) is 0 Å². The highest BCUT2D eigenvalue weighted by Crippen LogP contribution is 2.34. The van der Waals surface area contributed by atoms with Crippen LogP contribution in [0, 0.1) is 13.8 Å². The molecular formula is C21H26N4O2S. The number of piperazine rings is 1. The molecule has 0 amide bonds. The van der Waals surface area contributed by atoms with E-state index in [-0.39, 0.29) is 0 Å². The van der Waals surface area contributed by atoms with Gasteiger partial charge in [-0.3, -0.25) is 4.90 Å². The van der Waals surface area contributed by atoms with Gasteiger partial charge < -0.3 is 14.4 Å². The molecule has 4 rings (SSSR count). The molecule has 1 aliphatic rings. The average molecular weight is 399 g/mol. The largest absolute Gasteiger partial charge is 0.497 e. The lowest BCUT2D eigenvalue weighted by molar-refractivity contribution is 0.200. The minimum atomic E-state index is 0.687. The first-order chi connectivity index (χ1) is 13.7. The molecule has 0 radical (unpaired) electrons. The normalized spacial score (nSPS) is 15.2. The Bertz CT molecular complexity index is 933. The van der Waals surface area contributed by atoms with E-state index in [1.54, 1.807) is 24.8 Å². The third-order valence-electron chi connectivity index (χ3n) is 5.35. The van der Waals surface area contributed by atoms with Crippen molar-refractivity contribution in [3.63, 3.8) is 0 Å². The van der Waals surface area contributed by atoms with Gasteiger partial charge in [-0.2, -0.15) is 0 Å². The van der Waals surface area contributed by atoms with Gasteiger partial charge in [-0.15, -0.1) is 11.3 Å². The number of hydrogen-bond donors (Lipinski definition) is 0. The van der Waals surface area contributed by atoms with Crippen LogP contribution in [0.25, 0.3) is 10.2 Å². The molecule has 3 heterocycles. The van der Waals surface area contributed by atoms with Gasteiger partial charge in [0.05, 0.1) is 12.5 Å². The molecule has 1 fully saturated rings. The number of aryl methyl sites for hydroxylation is 2. The molecule has 0 saturated carbocycles. The van der Waals surface area contributed by atoms with E-state index in [9.17, 15) is 0 Å². The maximum atomic E-state index is 5.87. The minimum Gasteiger partial charge on any atom is -0.497 e. The molecule has 6 nitrogen and oxygen atoms in total. The topological polar surface area (TPSA) is 50.7 Å². The van der Waals surface area contributed by atoms with E-state index >= 15 is 0 Å². The number of aromatic nitrogens is 2. The van der Waals surface area contributed by atoms with Crippen LogP contribution >= 0.6 is 11.3 Å². The second-order valence-electron chi connectivity index (χ2n) is 7.01. The van der Waals surface area contributed by atoms with Crippen LogP contribution in [0.2, 0.25) is 0 Å². The summed E-state index contributed by atoms with van der Waals surface area (Å²) in [6.07, 6.45) is 1.70. The Morgan fingerprint density at radius 3 is 2.43 bits per heavy atom. The second-order valence-corrected chi connectivity index (χ2v) is 8.22. The zero-order chi connectivity index (χ0) is 19.5. The lowest BCUT2D eigenvalue weighted by Crippen LogP contribution is -2.47. The summed E-state index contributed by atoms with van der Waals surface area (Å²) >= 11 is 1.76. The monoisotopic (exact) mass is 398 g/mol. The molecule has 0 atom stereocenters. The minimum absolute atomic E-state index is 0.687. The number of methoxy groups -OCH3 is 1. The summed E-state index contributed by atoms with van der Waals surface area (Å²) in [6.45, 7) is 9.92. The van der Waals surface area contributed by atoms with Crippen molar-refractivity contribution >= 4 is 27.4 Å². The van der Waals surface area contributed by atoms with E-state index in [0.29, 0.717) is 6.61 Å². The van der Waals surface area contributed by atoms with E-state index in [2.05, 4.69) is 33.6 Å². The zero-order valence-corrected chi connectivity index (χ0v) is 17.5. The fourth-order valence-corrected chi connectivity index (χ4v) is 4.54. The Hall–Kier alpha value is -2.38. The molecule has 3 aromatic rings. The summed E-state index contributed by atoms with van der Waals surface area (Å²) in [4.78, 5) is 16.3. The molecule has 0 aliphatic carbocycles. The van der Waals surface area contributed by atoms with Gasteiger partial charge in [-0.05, 0) is 43.7 Å². The average Bonchev–Trinajstić information content (AvgIpc) is 3.03. The SMILES string of the molecule is COc1ccc(OCCN2CCN(c3ncnc4sc(C)c(C)c34)CC2)cc1. The quantitative estimate of drug-likeness (QED) is 0.633. The van der Waals surface area contributed by atoms with Gasteiger partial charge in [0.1, 0.15) is 35.1 Å². The Balaban J connectivity index is 1.31. The van der Waals surface area contributed by atoms with Crippen molar-refractivity contribution in [3.8, 4) is 11.5 Å². The van der Waals surface area contributed by atoms with Gasteiger partial charge in [0.15, 0.2) is 0 Å². The molecule has 1 saturated heterocycles. The summed E-state index contributed by atoms with van der Waals surface area (Å²) in [7, 11) is 1.67. The molecule has 7 heteroatoms. The van der Waals surface area contributed by atoms with Gasteiger partial charge in [-0.25, -0.2) is 9.97 Å². The van der Waals surface area contributed by atoms with Crippen molar-refractivity contribution in [2.45, 2.75) is 13.8 Å². The standard InChI is InChI=1S/C21H26N4O2S/c1-15-16(2)28-21-19(15)20(22-14-23-21)25-10-8-24(9-11-25)12-13-27-18-6-4-17(26-3)5-7-18/h4-7,14H,8-13H2,1-3H3. The third-order valence-corrected chi connectivity index (χ3v) is 6.47. The zero-order valence-electron chi connectivity index (χ0n) is 16.6. The molecule has 0 spiro atoms. The second kappa shape index (κ2) is 8.32. The van der Waals surface area contributed by atoms with Crippen LogP contribution < -0.4 is 14.4 Å². The van der Waals surface area contributed by atoms with Crippen molar-refractivity contribution in [3.05, 3.63) is 41.0 Å². The maximum Gasteiger partial charge on any atom is 0.141 e. The molecule has 1 aromatic carbocycles. The number of thiophene rings is 1. The number of ether oxygens (including phenoxy) is 2. The summed E-state index contributed by atoms with van der Waals surface area (Å²) in [5.41, 5.74) is 1.31. The molecule has 1 aliphatic heterocycles. The Morgan fingerprint density at radius 2 is 1.71 bits per heavy atom. The van der Waals surface area contributed by atoms with E-state index in [4.69, 9.17) is 9.47 Å². The molecule has 148 valence electrons. The van der Waals surface area contributed by atoms with E-state index in [1.807, 2.05) is 24.3 Å². The van der Waals surface area contributed by atoms with E-state index < -0.39 is 0 Å². The number of nitrogens with zero attached hydrogens (tertiary/aromatic N) is 4. The fourth-order valence-electron chi connectivity index (χ4n) is 3.55. The smallest absolute Gasteiger partial charge is 0.141 e. The summed E-state index contributed by atoms with van der Waals surface area (Å²) in [5, 5.41) is 1.22. The first kappa shape index (κ1) is 19.0. The fraction of sp³-hybridized carbons (Fsp3) is 0.429. The van der Waals surface area contributed by atoms with Gasteiger partial charge in [0.2, 0.25) is 0 Å². The lowest BCUT2D eigenvalue weighted by atomic mass is 10.2. The molecule has 0 bridgehead atoms. The van der Waals surface area contributed by atoms with Crippen LogP contribution in [0.3, 0.4) is 0 Å². The predicted octanol–water partition coefficient (Wildman–Crippen LogP) is 3.52. The van der Waals surface area contributed by atoms with Crippen LogP contribution in [0.1, 0.15) is 10.4 Å². The van der Waals surface area contributed by atoms with Crippen molar-refractivity contribution in [2.75, 3.05) is 51.3 Å². The van der Waals surface area contributed by atoms with Crippen LogP contribution in [0.15, 0.2) is 30.6 Å². The lowest BCUT2D eigenvalue weighted by Gasteiger charge is -2.35. The third kappa shape index (κ3) is 3.91. The van der Waals surface area contributed by atoms with Gasteiger partial charge in [-0.1, -0.05) is 0 Å². The molecular weight excluding hydrogens is 372 g/mol. The van der Waals surface area contributed by atoms with Crippen LogP contribution in [-0.2, 0) is 0 Å². The van der Waals surface area contributed by atoms with Crippen molar-refractivity contribution in [1.82, 2.24) is 14.9 Å². The number of anilines is 1. The summed E-state index contributed by atoms with van der Waals surface area (Å²) < 4.78 is 11.0. The maximum absolute atomic E-state index is 5.87. The Kier molecular flexibility index (Phi) is 5.64. The Morgan fingerprint density at radius 1 is 1.00 bits per heavy atom. The van der Waals surface area contributed by atoms with E-state index in [0.717, 1.165) is 54.9 Å². The highest BCUT2D eigenvalue weighted by molar-refractivity contribution is 7.18. The van der Waals surface area contributed by atoms with Crippen LogP contribution in [-0.4, -0.2) is 61.3 Å². The molecule has 28 heavy (non-hydrogen) atoms. The Labute approximate surface area is 169 Å². The van der Waals surface area contributed by atoms with Crippen molar-refractivity contribution < 1.29 is 9.47 Å². The predicted molar refractivity (Wildman–Crippen MR) is 114 cm³/mol. The summed E-state index contributed by atoms with van der Waals surface area (Å²) in [6, 6.07) is 7.74. The highest BCUT2D eigenvalue weighted by Gasteiger charge is 2.22. The van der Waals surface area contributed by atoms with Gasteiger partial charge in [0, 0.05) is 37.6 Å². The number of rotatable bonds is 6. The number of benzene rings is 1. The van der Waals surface area contributed by atoms with Crippen LogP contribution in [0.5, 0.6) is 11.5 Å². The van der Waals surface area contributed by atoms with Crippen LogP contribution in [0.4, 0.5) is 5.82 Å². The first-order valence-corrected chi connectivity index (χ1v) is 10.4. The first-order valence-electron chi connectivity index (χ1n) is 9.60. The molecule has 2 aromatic heterocycles. The number of hydrogen-bond acceptors (Lipinski definition) is 7. The van der Waals surface area contributed by atoms with Crippen molar-refractivity contribution in [2.24, 2.45) is 0 Å². The molecule has 0 N–H and O–H groups in total. The van der Waals surface area contributed by atoms with Gasteiger partial charge >= 0.3 is 0 Å². The summed E-state index contributed by atoms with van der Waals surface area (Å²) in [5.74, 6) is 2.81. The molecule has 0 unspecified atom stereocenters. The number of fused-ring (bicyclic) bond motifs is 1. The van der Waals surface area contributed by atoms with E-state index in [1.165, 1.54) is 15.8 Å².